The van der Waals surface area contributed by atoms with Gasteiger partial charge in [-0.05, 0) is 56.2 Å². The summed E-state index contributed by atoms with van der Waals surface area (Å²) >= 11 is 0. The fourth-order valence-electron chi connectivity index (χ4n) is 6.18. The van der Waals surface area contributed by atoms with Crippen LogP contribution in [0.5, 0.6) is 0 Å². The minimum atomic E-state index is -1.63. The first-order chi connectivity index (χ1) is 13.1. The summed E-state index contributed by atoms with van der Waals surface area (Å²) in [4.78, 5) is 15.7. The first kappa shape index (κ1) is 17.3. The number of nitrogens with zero attached hydrogens (tertiary/aromatic N) is 2. The number of aromatic nitrogens is 1. The fraction of sp³-hybridized carbons (Fsp3) is 0.591. The molecule has 1 N–H and O–H groups in total. The van der Waals surface area contributed by atoms with Gasteiger partial charge >= 0.3 is 5.97 Å². The molecular formula is C22H28N2O3. The normalized spacial score (nSPS) is 32.3. The van der Waals surface area contributed by atoms with Gasteiger partial charge in [0, 0.05) is 24.0 Å². The van der Waals surface area contributed by atoms with Gasteiger partial charge in [-0.1, -0.05) is 25.1 Å². The Kier molecular flexibility index (Phi) is 3.72. The Hall–Kier alpha value is -1.85. The number of esters is 1. The highest BCUT2D eigenvalue weighted by Crippen LogP contribution is 2.60. The lowest BCUT2D eigenvalue weighted by atomic mass is 9.62. The number of carbonyl (C=O) groups is 1. The first-order valence-corrected chi connectivity index (χ1v) is 10.3. The third-order valence-corrected chi connectivity index (χ3v) is 7.27. The van der Waals surface area contributed by atoms with E-state index in [0.29, 0.717) is 6.42 Å². The molecule has 1 aromatic carbocycles. The van der Waals surface area contributed by atoms with Crippen molar-refractivity contribution >= 4 is 16.9 Å². The third kappa shape index (κ3) is 2.10. The number of rotatable bonds is 3. The van der Waals surface area contributed by atoms with Crippen molar-refractivity contribution in [2.24, 2.45) is 5.41 Å². The number of carbonyl (C=O) groups excluding carboxylic acids is 1. The topological polar surface area (TPSA) is 54.7 Å². The maximum Gasteiger partial charge on any atom is 0.360 e. The van der Waals surface area contributed by atoms with E-state index in [4.69, 9.17) is 4.74 Å². The van der Waals surface area contributed by atoms with Crippen LogP contribution in [0.1, 0.15) is 56.8 Å². The molecule has 5 nitrogen and oxygen atoms in total. The number of hydrogen-bond donors (Lipinski definition) is 1. The molecule has 0 unspecified atom stereocenters. The number of aliphatic hydroxyl groups is 1. The maximum atomic E-state index is 13.1. The number of ether oxygens (including phenoxy) is 1. The monoisotopic (exact) mass is 368 g/mol. The molecule has 5 rings (SSSR count). The molecule has 0 aliphatic carbocycles. The molecule has 144 valence electrons. The van der Waals surface area contributed by atoms with Crippen LogP contribution in [-0.2, 0) is 21.7 Å². The molecule has 5 heteroatoms. The van der Waals surface area contributed by atoms with Gasteiger partial charge in [0.25, 0.3) is 0 Å². The molecule has 4 heterocycles. The molecule has 1 saturated heterocycles. The van der Waals surface area contributed by atoms with E-state index < -0.39 is 11.7 Å². The zero-order valence-electron chi connectivity index (χ0n) is 16.2. The van der Waals surface area contributed by atoms with Gasteiger partial charge in [0.15, 0.2) is 0 Å². The Labute approximate surface area is 159 Å². The van der Waals surface area contributed by atoms with Crippen LogP contribution >= 0.6 is 0 Å². The average Bonchev–Trinajstić information content (AvgIpc) is 3.03. The predicted octanol–water partition coefficient (Wildman–Crippen LogP) is 3.34. The van der Waals surface area contributed by atoms with Crippen molar-refractivity contribution in [3.05, 3.63) is 35.5 Å². The van der Waals surface area contributed by atoms with Gasteiger partial charge in [0.05, 0.1) is 18.2 Å². The lowest BCUT2D eigenvalue weighted by molar-refractivity contribution is -0.196. The number of hydrogen-bond acceptors (Lipinski definition) is 4. The smallest absolute Gasteiger partial charge is 0.360 e. The SMILES string of the molecule is CCOC(=O)[C@]1(O)C[C@@]2(CC)CCCN3CCc4c(n1c1ccccc41)[C@H]32. The van der Waals surface area contributed by atoms with Crippen LogP contribution in [0.2, 0.25) is 0 Å². The number of para-hydroxylation sites is 1. The van der Waals surface area contributed by atoms with E-state index in [0.717, 1.165) is 50.0 Å². The van der Waals surface area contributed by atoms with Crippen molar-refractivity contribution in [2.75, 3.05) is 19.7 Å². The van der Waals surface area contributed by atoms with E-state index in [1.807, 2.05) is 16.7 Å². The van der Waals surface area contributed by atoms with Crippen molar-refractivity contribution in [3.8, 4) is 0 Å². The van der Waals surface area contributed by atoms with Crippen LogP contribution < -0.4 is 0 Å². The lowest BCUT2D eigenvalue weighted by Crippen LogP contribution is -2.60. The summed E-state index contributed by atoms with van der Waals surface area (Å²) in [5, 5.41) is 13.0. The van der Waals surface area contributed by atoms with Crippen LogP contribution in [0.3, 0.4) is 0 Å². The maximum absolute atomic E-state index is 13.1. The van der Waals surface area contributed by atoms with Gasteiger partial charge < -0.3 is 14.4 Å². The molecule has 0 bridgehead atoms. The largest absolute Gasteiger partial charge is 0.462 e. The predicted molar refractivity (Wildman–Crippen MR) is 103 cm³/mol. The molecule has 0 spiro atoms. The van der Waals surface area contributed by atoms with Gasteiger partial charge in [-0.2, -0.15) is 0 Å². The average molecular weight is 368 g/mol. The summed E-state index contributed by atoms with van der Waals surface area (Å²) in [6.45, 7) is 6.45. The van der Waals surface area contributed by atoms with Gasteiger partial charge in [-0.15, -0.1) is 0 Å². The molecule has 27 heavy (non-hydrogen) atoms. The summed E-state index contributed by atoms with van der Waals surface area (Å²) in [6, 6.07) is 8.48. The second-order valence-corrected chi connectivity index (χ2v) is 8.44. The standard InChI is InChI=1S/C22H28N2O3/c1-3-21-11-7-12-23-13-10-16-15-8-5-6-9-17(15)24(18(16)19(21)23)22(26,14-21)20(25)27-4-2/h5-6,8-9,19,26H,3-4,7,10-14H2,1-2H3/t19-,21+,22+/m0/s1. The van der Waals surface area contributed by atoms with Gasteiger partial charge in [-0.3, -0.25) is 4.90 Å². The Balaban J connectivity index is 1.86. The van der Waals surface area contributed by atoms with Crippen molar-refractivity contribution < 1.29 is 14.6 Å². The highest BCUT2D eigenvalue weighted by molar-refractivity contribution is 5.90. The zero-order chi connectivity index (χ0) is 18.8. The van der Waals surface area contributed by atoms with Crippen LogP contribution in [0.15, 0.2) is 24.3 Å². The summed E-state index contributed by atoms with van der Waals surface area (Å²) in [6.07, 6.45) is 4.53. The second-order valence-electron chi connectivity index (χ2n) is 8.44. The lowest BCUT2D eigenvalue weighted by Gasteiger charge is -2.57. The Bertz CT molecular complexity index is 920. The van der Waals surface area contributed by atoms with Crippen LogP contribution in [0, 0.1) is 5.41 Å². The van der Waals surface area contributed by atoms with Crippen molar-refractivity contribution in [1.29, 1.82) is 0 Å². The second kappa shape index (κ2) is 5.82. The summed E-state index contributed by atoms with van der Waals surface area (Å²) < 4.78 is 7.33. The Morgan fingerprint density at radius 1 is 1.30 bits per heavy atom. The summed E-state index contributed by atoms with van der Waals surface area (Å²) in [7, 11) is 0. The number of fused-ring (bicyclic) bond motifs is 3. The zero-order valence-corrected chi connectivity index (χ0v) is 16.2. The molecule has 3 aliphatic rings. The molecule has 1 fully saturated rings. The van der Waals surface area contributed by atoms with Crippen molar-refractivity contribution in [1.82, 2.24) is 9.47 Å². The molecule has 0 amide bonds. The van der Waals surface area contributed by atoms with E-state index >= 15 is 0 Å². The Morgan fingerprint density at radius 3 is 2.89 bits per heavy atom. The van der Waals surface area contributed by atoms with Gasteiger partial charge in [0.1, 0.15) is 0 Å². The van der Waals surface area contributed by atoms with E-state index in [2.05, 4.69) is 24.0 Å². The van der Waals surface area contributed by atoms with E-state index in [1.54, 1.807) is 6.92 Å². The van der Waals surface area contributed by atoms with Gasteiger partial charge in [0.2, 0.25) is 5.72 Å². The van der Waals surface area contributed by atoms with Gasteiger partial charge in [-0.25, -0.2) is 4.79 Å². The molecule has 3 aliphatic heterocycles. The van der Waals surface area contributed by atoms with E-state index in [9.17, 15) is 9.90 Å². The number of benzene rings is 1. The molecule has 0 saturated carbocycles. The minimum absolute atomic E-state index is 0.0840. The summed E-state index contributed by atoms with van der Waals surface area (Å²) in [5.74, 6) is -0.512. The van der Waals surface area contributed by atoms with Crippen LogP contribution in [0.25, 0.3) is 10.9 Å². The number of piperidine rings is 1. The molecule has 2 aromatic rings. The van der Waals surface area contributed by atoms with E-state index in [1.165, 1.54) is 10.9 Å². The van der Waals surface area contributed by atoms with E-state index in [-0.39, 0.29) is 18.1 Å². The molecule has 1 aromatic heterocycles. The molecule has 0 radical (unpaired) electrons. The minimum Gasteiger partial charge on any atom is -0.462 e. The van der Waals surface area contributed by atoms with Crippen LogP contribution in [0.4, 0.5) is 0 Å². The van der Waals surface area contributed by atoms with Crippen molar-refractivity contribution in [2.45, 2.75) is 57.7 Å². The Morgan fingerprint density at radius 2 is 2.11 bits per heavy atom. The highest BCUT2D eigenvalue weighted by atomic mass is 16.6. The highest BCUT2D eigenvalue weighted by Gasteiger charge is 2.60. The summed E-state index contributed by atoms with van der Waals surface area (Å²) in [5.41, 5.74) is 1.71. The third-order valence-electron chi connectivity index (χ3n) is 7.27. The van der Waals surface area contributed by atoms with Crippen LogP contribution in [-0.4, -0.2) is 40.2 Å². The van der Waals surface area contributed by atoms with Crippen molar-refractivity contribution in [3.63, 3.8) is 0 Å². The first-order valence-electron chi connectivity index (χ1n) is 10.3. The fourth-order valence-corrected chi connectivity index (χ4v) is 6.18. The molecule has 3 atom stereocenters. The quantitative estimate of drug-likeness (QED) is 0.845. The molecular weight excluding hydrogens is 340 g/mol.